The minimum absolute atomic E-state index is 0.257. The van der Waals surface area contributed by atoms with Crippen molar-refractivity contribution >= 4 is 11.8 Å². The molecular weight excluding hydrogens is 300 g/mol. The molecule has 0 unspecified atom stereocenters. The summed E-state index contributed by atoms with van der Waals surface area (Å²) in [6.07, 6.45) is 3.95. The first kappa shape index (κ1) is 15.7. The minimum atomic E-state index is -0.458. The van der Waals surface area contributed by atoms with Crippen LogP contribution >= 0.6 is 0 Å². The van der Waals surface area contributed by atoms with Crippen molar-refractivity contribution in [1.29, 1.82) is 0 Å². The van der Waals surface area contributed by atoms with Crippen molar-refractivity contribution in [3.63, 3.8) is 0 Å². The first-order chi connectivity index (χ1) is 11.8. The molecule has 0 radical (unpaired) electrons. The molecule has 1 heterocycles. The summed E-state index contributed by atoms with van der Waals surface area (Å²) in [6, 6.07) is 21.3. The lowest BCUT2D eigenvalue weighted by Crippen LogP contribution is -2.13. The second-order valence-corrected chi connectivity index (χ2v) is 5.42. The van der Waals surface area contributed by atoms with Crippen LogP contribution in [-0.2, 0) is 17.8 Å². The highest BCUT2D eigenvalue weighted by Crippen LogP contribution is 2.13. The number of anilines is 1. The SMILES string of the molecule is O=C(Nc1ccc(Cc2ccncc2)cc1)OCc1ccccc1. The van der Waals surface area contributed by atoms with E-state index in [2.05, 4.69) is 10.3 Å². The molecule has 0 aliphatic rings. The van der Waals surface area contributed by atoms with Gasteiger partial charge in [0.05, 0.1) is 0 Å². The van der Waals surface area contributed by atoms with Gasteiger partial charge < -0.3 is 4.74 Å². The zero-order valence-corrected chi connectivity index (χ0v) is 13.2. The zero-order valence-electron chi connectivity index (χ0n) is 13.2. The number of hydrogen-bond acceptors (Lipinski definition) is 3. The van der Waals surface area contributed by atoms with Gasteiger partial charge >= 0.3 is 6.09 Å². The number of nitrogens with one attached hydrogen (secondary N) is 1. The fourth-order valence-electron chi connectivity index (χ4n) is 2.32. The Morgan fingerprint density at radius 3 is 2.21 bits per heavy atom. The molecule has 4 heteroatoms. The van der Waals surface area contributed by atoms with Crippen molar-refractivity contribution in [1.82, 2.24) is 4.98 Å². The Morgan fingerprint density at radius 1 is 0.833 bits per heavy atom. The van der Waals surface area contributed by atoms with E-state index in [9.17, 15) is 4.79 Å². The maximum atomic E-state index is 11.8. The summed E-state index contributed by atoms with van der Waals surface area (Å²) >= 11 is 0. The summed E-state index contributed by atoms with van der Waals surface area (Å²) in [6.45, 7) is 0.257. The van der Waals surface area contributed by atoms with Crippen LogP contribution in [0.1, 0.15) is 16.7 Å². The van der Waals surface area contributed by atoms with Gasteiger partial charge in [0.2, 0.25) is 0 Å². The molecule has 0 saturated heterocycles. The molecule has 4 nitrogen and oxygen atoms in total. The standard InChI is InChI=1S/C20H18N2O2/c23-20(24-15-18-4-2-1-3-5-18)22-19-8-6-16(7-9-19)14-17-10-12-21-13-11-17/h1-13H,14-15H2,(H,22,23). The topological polar surface area (TPSA) is 51.2 Å². The predicted molar refractivity (Wildman–Crippen MR) is 93.7 cm³/mol. The molecule has 0 aliphatic heterocycles. The highest BCUT2D eigenvalue weighted by Gasteiger charge is 2.04. The van der Waals surface area contributed by atoms with E-state index >= 15 is 0 Å². The van der Waals surface area contributed by atoms with Crippen LogP contribution in [-0.4, -0.2) is 11.1 Å². The molecule has 120 valence electrons. The predicted octanol–water partition coefficient (Wildman–Crippen LogP) is 4.42. The molecule has 24 heavy (non-hydrogen) atoms. The number of aromatic nitrogens is 1. The lowest BCUT2D eigenvalue weighted by Gasteiger charge is -2.08. The average molecular weight is 318 g/mol. The summed E-state index contributed by atoms with van der Waals surface area (Å²) in [4.78, 5) is 15.8. The number of pyridine rings is 1. The van der Waals surface area contributed by atoms with Gasteiger partial charge in [0.25, 0.3) is 0 Å². The normalized spacial score (nSPS) is 10.2. The third-order valence-corrected chi connectivity index (χ3v) is 3.57. The quantitative estimate of drug-likeness (QED) is 0.757. The van der Waals surface area contributed by atoms with Crippen LogP contribution in [0.25, 0.3) is 0 Å². The molecule has 0 saturated carbocycles. The van der Waals surface area contributed by atoms with Crippen LogP contribution in [0.3, 0.4) is 0 Å². The Hall–Kier alpha value is -3.14. The zero-order chi connectivity index (χ0) is 16.6. The maximum Gasteiger partial charge on any atom is 0.411 e. The monoisotopic (exact) mass is 318 g/mol. The number of carbonyl (C=O) groups is 1. The van der Waals surface area contributed by atoms with Gasteiger partial charge in [-0.15, -0.1) is 0 Å². The lowest BCUT2D eigenvalue weighted by atomic mass is 10.1. The summed E-state index contributed by atoms with van der Waals surface area (Å²) in [5.41, 5.74) is 4.05. The molecule has 1 aromatic heterocycles. The maximum absolute atomic E-state index is 11.8. The van der Waals surface area contributed by atoms with Gasteiger partial charge in [0.1, 0.15) is 6.61 Å². The van der Waals surface area contributed by atoms with Gasteiger partial charge in [-0.25, -0.2) is 4.79 Å². The molecule has 3 aromatic rings. The van der Waals surface area contributed by atoms with E-state index in [0.717, 1.165) is 12.0 Å². The fourth-order valence-corrected chi connectivity index (χ4v) is 2.32. The second kappa shape index (κ2) is 7.92. The number of ether oxygens (including phenoxy) is 1. The molecule has 0 atom stereocenters. The number of nitrogens with zero attached hydrogens (tertiary/aromatic N) is 1. The van der Waals surface area contributed by atoms with Crippen molar-refractivity contribution in [3.8, 4) is 0 Å². The van der Waals surface area contributed by atoms with E-state index in [1.165, 1.54) is 11.1 Å². The number of amides is 1. The molecule has 0 bridgehead atoms. The third-order valence-electron chi connectivity index (χ3n) is 3.57. The van der Waals surface area contributed by atoms with Gasteiger partial charge in [-0.3, -0.25) is 10.3 Å². The Bertz CT molecular complexity index is 772. The number of rotatable bonds is 5. The summed E-state index contributed by atoms with van der Waals surface area (Å²) < 4.78 is 5.20. The van der Waals surface area contributed by atoms with Crippen LogP contribution < -0.4 is 5.32 Å². The van der Waals surface area contributed by atoms with Gasteiger partial charge in [-0.2, -0.15) is 0 Å². The van der Waals surface area contributed by atoms with E-state index in [4.69, 9.17) is 4.74 Å². The molecule has 2 aromatic carbocycles. The largest absolute Gasteiger partial charge is 0.444 e. The first-order valence-electron chi connectivity index (χ1n) is 7.75. The molecule has 0 aliphatic carbocycles. The van der Waals surface area contributed by atoms with E-state index in [1.54, 1.807) is 12.4 Å². The highest BCUT2D eigenvalue weighted by atomic mass is 16.5. The van der Waals surface area contributed by atoms with Gasteiger partial charge in [0.15, 0.2) is 0 Å². The number of carbonyl (C=O) groups excluding carboxylic acids is 1. The molecule has 0 spiro atoms. The van der Waals surface area contributed by atoms with E-state index < -0.39 is 6.09 Å². The van der Waals surface area contributed by atoms with Gasteiger partial charge in [-0.05, 0) is 47.4 Å². The van der Waals surface area contributed by atoms with E-state index in [-0.39, 0.29) is 6.61 Å². The smallest absolute Gasteiger partial charge is 0.411 e. The van der Waals surface area contributed by atoms with Crippen LogP contribution in [0.2, 0.25) is 0 Å². The Labute approximate surface area is 141 Å². The second-order valence-electron chi connectivity index (χ2n) is 5.42. The average Bonchev–Trinajstić information content (AvgIpc) is 2.63. The van der Waals surface area contributed by atoms with Crippen LogP contribution in [0.5, 0.6) is 0 Å². The third kappa shape index (κ3) is 4.68. The Balaban J connectivity index is 1.51. The fraction of sp³-hybridized carbons (Fsp3) is 0.100. The van der Waals surface area contributed by atoms with Gasteiger partial charge in [0, 0.05) is 18.1 Å². The summed E-state index contributed by atoms with van der Waals surface area (Å²) in [7, 11) is 0. The van der Waals surface area contributed by atoms with Crippen molar-refractivity contribution in [2.24, 2.45) is 0 Å². The van der Waals surface area contributed by atoms with Crippen LogP contribution in [0.15, 0.2) is 79.1 Å². The highest BCUT2D eigenvalue weighted by molar-refractivity contribution is 5.84. The van der Waals surface area contributed by atoms with Crippen LogP contribution in [0, 0.1) is 0 Å². The van der Waals surface area contributed by atoms with Gasteiger partial charge in [-0.1, -0.05) is 42.5 Å². The molecule has 3 rings (SSSR count). The first-order valence-corrected chi connectivity index (χ1v) is 7.75. The lowest BCUT2D eigenvalue weighted by molar-refractivity contribution is 0.155. The Kier molecular flexibility index (Phi) is 5.20. The number of benzene rings is 2. The van der Waals surface area contributed by atoms with Crippen molar-refractivity contribution in [3.05, 3.63) is 95.8 Å². The van der Waals surface area contributed by atoms with Crippen molar-refractivity contribution < 1.29 is 9.53 Å². The molecule has 0 fully saturated rings. The Morgan fingerprint density at radius 2 is 1.50 bits per heavy atom. The minimum Gasteiger partial charge on any atom is -0.444 e. The summed E-state index contributed by atoms with van der Waals surface area (Å²) in [5, 5.41) is 2.73. The molecular formula is C20H18N2O2. The molecule has 1 N–H and O–H groups in total. The van der Waals surface area contributed by atoms with E-state index in [1.807, 2.05) is 66.7 Å². The molecule has 1 amide bonds. The number of hydrogen-bond donors (Lipinski definition) is 1. The van der Waals surface area contributed by atoms with Crippen molar-refractivity contribution in [2.45, 2.75) is 13.0 Å². The van der Waals surface area contributed by atoms with Crippen molar-refractivity contribution in [2.75, 3.05) is 5.32 Å². The summed E-state index contributed by atoms with van der Waals surface area (Å²) in [5.74, 6) is 0. The van der Waals surface area contributed by atoms with E-state index in [0.29, 0.717) is 5.69 Å². The van der Waals surface area contributed by atoms with Crippen LogP contribution in [0.4, 0.5) is 10.5 Å².